The molecule has 3 fully saturated rings. The van der Waals surface area contributed by atoms with Gasteiger partial charge in [-0.2, -0.15) is 0 Å². The highest BCUT2D eigenvalue weighted by atomic mass is 16.6. The lowest BCUT2D eigenvalue weighted by Gasteiger charge is -2.36. The van der Waals surface area contributed by atoms with Crippen LogP contribution in [0.1, 0.15) is 6.42 Å². The molecule has 3 amide bonds. The Labute approximate surface area is 192 Å². The summed E-state index contributed by atoms with van der Waals surface area (Å²) in [7, 11) is 0. The summed E-state index contributed by atoms with van der Waals surface area (Å²) in [5.41, 5.74) is 0.728. The van der Waals surface area contributed by atoms with Crippen molar-refractivity contribution in [3.05, 3.63) is 18.2 Å². The molecule has 0 radical (unpaired) electrons. The summed E-state index contributed by atoms with van der Waals surface area (Å²) >= 11 is 0. The number of amides is 3. The molecule has 0 saturated carbocycles. The number of carbonyl (C=O) groups is 3. The van der Waals surface area contributed by atoms with Crippen LogP contribution in [0, 0.1) is 5.92 Å². The average Bonchev–Trinajstić information content (AvgIpc) is 3.26. The second-order valence-corrected chi connectivity index (χ2v) is 8.83. The van der Waals surface area contributed by atoms with E-state index in [-0.39, 0.29) is 30.1 Å². The first kappa shape index (κ1) is 22.0. The third kappa shape index (κ3) is 4.77. The van der Waals surface area contributed by atoms with Gasteiger partial charge in [-0.3, -0.25) is 19.3 Å². The lowest BCUT2D eigenvalue weighted by Crippen LogP contribution is -2.53. The minimum atomic E-state index is -0.354. The maximum atomic E-state index is 13.1. The van der Waals surface area contributed by atoms with E-state index in [1.54, 1.807) is 4.90 Å². The number of hydrogen-bond acceptors (Lipinski definition) is 7. The second-order valence-electron chi connectivity index (χ2n) is 8.83. The molecule has 1 atom stereocenters. The van der Waals surface area contributed by atoms with Crippen molar-refractivity contribution in [3.8, 4) is 11.5 Å². The van der Waals surface area contributed by atoms with Gasteiger partial charge in [0.1, 0.15) is 13.2 Å². The van der Waals surface area contributed by atoms with Crippen LogP contribution in [0.25, 0.3) is 0 Å². The molecule has 0 aromatic heterocycles. The monoisotopic (exact) mass is 458 g/mol. The van der Waals surface area contributed by atoms with E-state index in [0.29, 0.717) is 90.3 Å². The Morgan fingerprint density at radius 3 is 2.36 bits per heavy atom. The number of carbonyl (C=O) groups excluding carboxylic acids is 3. The molecular weight excluding hydrogens is 428 g/mol. The molecule has 4 aliphatic rings. The molecule has 1 aromatic rings. The Kier molecular flexibility index (Phi) is 6.37. The van der Waals surface area contributed by atoms with E-state index in [0.717, 1.165) is 5.69 Å². The van der Waals surface area contributed by atoms with Crippen LogP contribution in [-0.2, 0) is 19.1 Å². The number of fused-ring (bicyclic) bond motifs is 1. The molecule has 0 N–H and O–H groups in total. The quantitative estimate of drug-likeness (QED) is 0.618. The minimum absolute atomic E-state index is 0.0162. The van der Waals surface area contributed by atoms with E-state index < -0.39 is 0 Å². The van der Waals surface area contributed by atoms with E-state index in [2.05, 4.69) is 4.90 Å². The van der Waals surface area contributed by atoms with Gasteiger partial charge in [0.15, 0.2) is 11.5 Å². The number of anilines is 1. The third-order valence-corrected chi connectivity index (χ3v) is 6.72. The standard InChI is InChI=1S/C23H30N4O6/c28-21-13-17(15-27(21)18-1-2-19-20(14-18)33-12-11-32-19)23(30)26-5-3-24(4-6-26)16-22(29)25-7-9-31-10-8-25/h1-2,14,17H,3-13,15-16H2/t17-/m1/s1. The highest BCUT2D eigenvalue weighted by molar-refractivity contribution is 6.00. The van der Waals surface area contributed by atoms with E-state index in [1.807, 2.05) is 28.0 Å². The van der Waals surface area contributed by atoms with E-state index in [9.17, 15) is 14.4 Å². The van der Waals surface area contributed by atoms with Crippen LogP contribution in [0.3, 0.4) is 0 Å². The van der Waals surface area contributed by atoms with Crippen LogP contribution < -0.4 is 14.4 Å². The summed E-state index contributed by atoms with van der Waals surface area (Å²) in [5, 5.41) is 0. The van der Waals surface area contributed by atoms with Gasteiger partial charge in [-0.1, -0.05) is 0 Å². The number of nitrogens with zero attached hydrogens (tertiary/aromatic N) is 4. The fourth-order valence-electron chi connectivity index (χ4n) is 4.81. The summed E-state index contributed by atoms with van der Waals surface area (Å²) in [4.78, 5) is 45.7. The van der Waals surface area contributed by atoms with Gasteiger partial charge >= 0.3 is 0 Å². The molecule has 0 bridgehead atoms. The van der Waals surface area contributed by atoms with Gasteiger partial charge in [0.05, 0.1) is 25.7 Å². The van der Waals surface area contributed by atoms with Crippen LogP contribution >= 0.6 is 0 Å². The number of piperazine rings is 1. The highest BCUT2D eigenvalue weighted by Crippen LogP contribution is 2.36. The molecule has 4 aliphatic heterocycles. The summed E-state index contributed by atoms with van der Waals surface area (Å²) in [5.74, 6) is 1.03. The van der Waals surface area contributed by atoms with Crippen LogP contribution in [0.15, 0.2) is 18.2 Å². The Hall–Kier alpha value is -2.85. The molecule has 33 heavy (non-hydrogen) atoms. The van der Waals surface area contributed by atoms with E-state index in [4.69, 9.17) is 14.2 Å². The number of hydrogen-bond donors (Lipinski definition) is 0. The zero-order chi connectivity index (χ0) is 22.8. The minimum Gasteiger partial charge on any atom is -0.486 e. The molecular formula is C23H30N4O6. The number of rotatable bonds is 4. The van der Waals surface area contributed by atoms with Crippen molar-refractivity contribution < 1.29 is 28.6 Å². The van der Waals surface area contributed by atoms with E-state index in [1.165, 1.54) is 0 Å². The molecule has 3 saturated heterocycles. The fourth-order valence-corrected chi connectivity index (χ4v) is 4.81. The predicted octanol–water partition coefficient (Wildman–Crippen LogP) is -0.186. The van der Waals surface area contributed by atoms with Gasteiger partial charge in [-0.25, -0.2) is 0 Å². The molecule has 5 rings (SSSR count). The van der Waals surface area contributed by atoms with Gasteiger partial charge in [0.2, 0.25) is 17.7 Å². The highest BCUT2D eigenvalue weighted by Gasteiger charge is 2.38. The summed E-state index contributed by atoms with van der Waals surface area (Å²) in [6.45, 7) is 6.69. The van der Waals surface area contributed by atoms with Crippen LogP contribution in [0.5, 0.6) is 11.5 Å². The maximum Gasteiger partial charge on any atom is 0.236 e. The van der Waals surface area contributed by atoms with Gasteiger partial charge in [0.25, 0.3) is 0 Å². The topological polar surface area (TPSA) is 91.9 Å². The number of morpholine rings is 1. The summed E-state index contributed by atoms with van der Waals surface area (Å²) in [6, 6.07) is 5.45. The summed E-state index contributed by atoms with van der Waals surface area (Å²) < 4.78 is 16.5. The lowest BCUT2D eigenvalue weighted by atomic mass is 10.1. The van der Waals surface area contributed by atoms with Gasteiger partial charge in [0, 0.05) is 64.0 Å². The fraction of sp³-hybridized carbons (Fsp3) is 0.609. The number of benzene rings is 1. The first-order valence-electron chi connectivity index (χ1n) is 11.6. The second kappa shape index (κ2) is 9.56. The predicted molar refractivity (Wildman–Crippen MR) is 118 cm³/mol. The molecule has 10 heteroatoms. The van der Waals surface area contributed by atoms with E-state index >= 15 is 0 Å². The van der Waals surface area contributed by atoms with Crippen LogP contribution in [0.2, 0.25) is 0 Å². The smallest absolute Gasteiger partial charge is 0.236 e. The van der Waals surface area contributed by atoms with Crippen molar-refractivity contribution in [1.82, 2.24) is 14.7 Å². The SMILES string of the molecule is O=C(CN1CCN(C(=O)[C@@H]2CC(=O)N(c3ccc4c(c3)OCCO4)C2)CC1)N1CCOCC1. The van der Waals surface area contributed by atoms with Crippen molar-refractivity contribution in [2.45, 2.75) is 6.42 Å². The zero-order valence-corrected chi connectivity index (χ0v) is 18.7. The van der Waals surface area contributed by atoms with Crippen molar-refractivity contribution in [3.63, 3.8) is 0 Å². The average molecular weight is 459 g/mol. The molecule has 0 spiro atoms. The van der Waals surface area contributed by atoms with Crippen molar-refractivity contribution in [1.29, 1.82) is 0 Å². The Morgan fingerprint density at radius 2 is 1.61 bits per heavy atom. The molecule has 10 nitrogen and oxygen atoms in total. The lowest BCUT2D eigenvalue weighted by molar-refractivity contribution is -0.139. The maximum absolute atomic E-state index is 13.1. The van der Waals surface area contributed by atoms with Crippen LogP contribution in [-0.4, -0.2) is 111 Å². The zero-order valence-electron chi connectivity index (χ0n) is 18.7. The van der Waals surface area contributed by atoms with Crippen molar-refractivity contribution in [2.24, 2.45) is 5.92 Å². The van der Waals surface area contributed by atoms with Gasteiger partial charge < -0.3 is 28.9 Å². The third-order valence-electron chi connectivity index (χ3n) is 6.72. The normalized spacial score (nSPS) is 23.7. The first-order chi connectivity index (χ1) is 16.1. The summed E-state index contributed by atoms with van der Waals surface area (Å²) in [6.07, 6.45) is 0.211. The largest absolute Gasteiger partial charge is 0.486 e. The van der Waals surface area contributed by atoms with Crippen LogP contribution in [0.4, 0.5) is 5.69 Å². The Morgan fingerprint density at radius 1 is 0.879 bits per heavy atom. The number of ether oxygens (including phenoxy) is 3. The van der Waals surface area contributed by atoms with Crippen molar-refractivity contribution in [2.75, 3.05) is 83.7 Å². The van der Waals surface area contributed by atoms with Gasteiger partial charge in [-0.05, 0) is 12.1 Å². The molecule has 0 unspecified atom stereocenters. The first-order valence-corrected chi connectivity index (χ1v) is 11.6. The molecule has 178 valence electrons. The Balaban J connectivity index is 1.13. The molecule has 1 aromatic carbocycles. The molecule has 0 aliphatic carbocycles. The molecule has 4 heterocycles. The Bertz CT molecular complexity index is 910. The van der Waals surface area contributed by atoms with Crippen molar-refractivity contribution >= 4 is 23.4 Å². The van der Waals surface area contributed by atoms with Gasteiger partial charge in [-0.15, -0.1) is 0 Å².